The zero-order valence-electron chi connectivity index (χ0n) is 13.7. The van der Waals surface area contributed by atoms with Crippen molar-refractivity contribution in [1.82, 2.24) is 4.72 Å². The number of benzene rings is 2. The van der Waals surface area contributed by atoms with Gasteiger partial charge < -0.3 is 4.74 Å². The van der Waals surface area contributed by atoms with E-state index in [-0.39, 0.29) is 11.8 Å². The largest absolute Gasteiger partial charge is 0.497 e. The van der Waals surface area contributed by atoms with Crippen LogP contribution in [0, 0.1) is 6.92 Å². The first-order chi connectivity index (χ1) is 10.9. The Morgan fingerprint density at radius 2 is 1.74 bits per heavy atom. The third-order valence-corrected chi connectivity index (χ3v) is 5.19. The highest BCUT2D eigenvalue weighted by molar-refractivity contribution is 7.88. The molecule has 1 atom stereocenters. The summed E-state index contributed by atoms with van der Waals surface area (Å²) in [5, 5.41) is 0. The van der Waals surface area contributed by atoms with Crippen LogP contribution in [0.3, 0.4) is 0 Å². The molecule has 0 amide bonds. The first kappa shape index (κ1) is 17.5. The van der Waals surface area contributed by atoms with Gasteiger partial charge in [0.05, 0.1) is 12.9 Å². The molecular formula is C18H23NO3S. The van der Waals surface area contributed by atoms with Crippen LogP contribution in [-0.2, 0) is 15.8 Å². The number of ether oxygens (including phenoxy) is 1. The second kappa shape index (κ2) is 7.62. The molecule has 2 aromatic rings. The van der Waals surface area contributed by atoms with Gasteiger partial charge >= 0.3 is 0 Å². The molecule has 0 fully saturated rings. The number of methoxy groups -OCH3 is 1. The molecule has 0 aromatic heterocycles. The Balaban J connectivity index is 2.14. The monoisotopic (exact) mass is 333 g/mol. The zero-order valence-corrected chi connectivity index (χ0v) is 14.6. The van der Waals surface area contributed by atoms with Crippen LogP contribution in [0.25, 0.3) is 0 Å². The van der Waals surface area contributed by atoms with E-state index >= 15 is 0 Å². The van der Waals surface area contributed by atoms with Gasteiger partial charge in [0.2, 0.25) is 10.0 Å². The molecule has 4 nitrogen and oxygen atoms in total. The lowest BCUT2D eigenvalue weighted by Crippen LogP contribution is -2.29. The molecule has 2 rings (SSSR count). The summed E-state index contributed by atoms with van der Waals surface area (Å²) in [7, 11) is -1.81. The van der Waals surface area contributed by atoms with Crippen molar-refractivity contribution in [3.63, 3.8) is 0 Å². The maximum absolute atomic E-state index is 12.5. The maximum atomic E-state index is 12.5. The molecule has 0 aliphatic heterocycles. The molecule has 0 unspecified atom stereocenters. The quantitative estimate of drug-likeness (QED) is 0.843. The zero-order chi connectivity index (χ0) is 16.9. The van der Waals surface area contributed by atoms with Gasteiger partial charge in [-0.3, -0.25) is 0 Å². The molecule has 124 valence electrons. The summed E-state index contributed by atoms with van der Waals surface area (Å²) in [5.41, 5.74) is 2.74. The number of hydrogen-bond acceptors (Lipinski definition) is 3. The van der Waals surface area contributed by atoms with E-state index in [9.17, 15) is 8.42 Å². The minimum atomic E-state index is -3.41. The van der Waals surface area contributed by atoms with Gasteiger partial charge in [0, 0.05) is 6.04 Å². The van der Waals surface area contributed by atoms with Crippen LogP contribution >= 0.6 is 0 Å². The Morgan fingerprint density at radius 3 is 2.30 bits per heavy atom. The van der Waals surface area contributed by atoms with E-state index in [1.807, 2.05) is 62.4 Å². The van der Waals surface area contributed by atoms with Crippen molar-refractivity contribution >= 4 is 10.0 Å². The topological polar surface area (TPSA) is 55.4 Å². The second-order valence-corrected chi connectivity index (χ2v) is 7.29. The van der Waals surface area contributed by atoms with Crippen LogP contribution in [0.4, 0.5) is 0 Å². The van der Waals surface area contributed by atoms with Crippen LogP contribution < -0.4 is 9.46 Å². The van der Waals surface area contributed by atoms with Crippen molar-refractivity contribution in [2.24, 2.45) is 0 Å². The number of hydrogen-bond donors (Lipinski definition) is 1. The molecule has 0 heterocycles. The average molecular weight is 333 g/mol. The fourth-order valence-electron chi connectivity index (χ4n) is 2.46. The molecular weight excluding hydrogens is 310 g/mol. The highest BCUT2D eigenvalue weighted by Crippen LogP contribution is 2.22. The third kappa shape index (κ3) is 4.81. The minimum absolute atomic E-state index is 0.00761. The van der Waals surface area contributed by atoms with Crippen LogP contribution in [0.2, 0.25) is 0 Å². The predicted octanol–water partition coefficient (Wildman–Crippen LogP) is 3.57. The van der Waals surface area contributed by atoms with Gasteiger partial charge in [-0.2, -0.15) is 0 Å². The molecule has 0 radical (unpaired) electrons. The highest BCUT2D eigenvalue weighted by Gasteiger charge is 2.19. The van der Waals surface area contributed by atoms with Gasteiger partial charge in [-0.05, 0) is 42.2 Å². The summed E-state index contributed by atoms with van der Waals surface area (Å²) >= 11 is 0. The molecule has 0 saturated carbocycles. The molecule has 0 bridgehead atoms. The lowest BCUT2D eigenvalue weighted by Gasteiger charge is -2.18. The molecule has 5 heteroatoms. The summed E-state index contributed by atoms with van der Waals surface area (Å²) in [6.45, 7) is 3.89. The summed E-state index contributed by atoms with van der Waals surface area (Å²) in [6.07, 6.45) is 0.680. The normalized spacial score (nSPS) is 12.8. The fourth-order valence-corrected chi connectivity index (χ4v) is 4.01. The standard InChI is InChI=1S/C18H23NO3S/c1-4-18(15-9-11-17(22-3)12-10-15)19-23(20,21)13-16-8-6-5-7-14(16)2/h5-12,18-19H,4,13H2,1-3H3/t18-/m1/s1. The number of aryl methyl sites for hydroxylation is 1. The summed E-state index contributed by atoms with van der Waals surface area (Å²) in [6, 6.07) is 14.8. The van der Waals surface area contributed by atoms with Crippen molar-refractivity contribution in [3.8, 4) is 5.75 Å². The average Bonchev–Trinajstić information content (AvgIpc) is 2.55. The molecule has 0 aliphatic carbocycles. The Morgan fingerprint density at radius 1 is 1.09 bits per heavy atom. The van der Waals surface area contributed by atoms with E-state index in [0.717, 1.165) is 22.4 Å². The Labute approximate surface area is 138 Å². The summed E-state index contributed by atoms with van der Waals surface area (Å²) in [4.78, 5) is 0. The Kier molecular flexibility index (Phi) is 5.80. The van der Waals surface area contributed by atoms with E-state index in [0.29, 0.717) is 6.42 Å². The van der Waals surface area contributed by atoms with E-state index in [2.05, 4.69) is 4.72 Å². The maximum Gasteiger partial charge on any atom is 0.216 e. The second-order valence-electron chi connectivity index (χ2n) is 5.54. The van der Waals surface area contributed by atoms with Crippen molar-refractivity contribution in [2.75, 3.05) is 7.11 Å². The van der Waals surface area contributed by atoms with E-state index in [4.69, 9.17) is 4.74 Å². The Bertz CT molecular complexity index is 739. The summed E-state index contributed by atoms with van der Waals surface area (Å²) in [5.74, 6) is 0.748. The minimum Gasteiger partial charge on any atom is -0.497 e. The van der Waals surface area contributed by atoms with Crippen molar-refractivity contribution in [1.29, 1.82) is 0 Å². The van der Waals surface area contributed by atoms with Gasteiger partial charge in [-0.25, -0.2) is 13.1 Å². The first-order valence-corrected chi connectivity index (χ1v) is 9.29. The first-order valence-electron chi connectivity index (χ1n) is 7.63. The Hall–Kier alpha value is -1.85. The smallest absolute Gasteiger partial charge is 0.216 e. The fraction of sp³-hybridized carbons (Fsp3) is 0.333. The van der Waals surface area contributed by atoms with Gasteiger partial charge in [0.25, 0.3) is 0 Å². The van der Waals surface area contributed by atoms with Gasteiger partial charge in [0.15, 0.2) is 0 Å². The number of nitrogens with one attached hydrogen (secondary N) is 1. The lowest BCUT2D eigenvalue weighted by atomic mass is 10.1. The lowest BCUT2D eigenvalue weighted by molar-refractivity contribution is 0.414. The molecule has 0 spiro atoms. The van der Waals surface area contributed by atoms with Crippen LogP contribution in [0.15, 0.2) is 48.5 Å². The molecule has 1 N–H and O–H groups in total. The highest BCUT2D eigenvalue weighted by atomic mass is 32.2. The number of rotatable bonds is 7. The number of sulfonamides is 1. The summed E-state index contributed by atoms with van der Waals surface area (Å²) < 4.78 is 32.9. The van der Waals surface area contributed by atoms with E-state index in [1.54, 1.807) is 7.11 Å². The van der Waals surface area contributed by atoms with Crippen LogP contribution in [0.1, 0.15) is 36.1 Å². The van der Waals surface area contributed by atoms with Gasteiger partial charge in [-0.1, -0.05) is 43.3 Å². The SMILES string of the molecule is CC[C@@H](NS(=O)(=O)Cc1ccccc1C)c1ccc(OC)cc1. The van der Waals surface area contributed by atoms with E-state index in [1.165, 1.54) is 0 Å². The molecule has 2 aromatic carbocycles. The van der Waals surface area contributed by atoms with Crippen molar-refractivity contribution in [3.05, 3.63) is 65.2 Å². The predicted molar refractivity (Wildman–Crippen MR) is 93.0 cm³/mol. The van der Waals surface area contributed by atoms with Crippen LogP contribution in [-0.4, -0.2) is 15.5 Å². The van der Waals surface area contributed by atoms with Crippen molar-refractivity contribution in [2.45, 2.75) is 32.1 Å². The van der Waals surface area contributed by atoms with Crippen LogP contribution in [0.5, 0.6) is 5.75 Å². The molecule has 0 aliphatic rings. The van der Waals surface area contributed by atoms with Crippen molar-refractivity contribution < 1.29 is 13.2 Å². The van der Waals surface area contributed by atoms with Gasteiger partial charge in [-0.15, -0.1) is 0 Å². The van der Waals surface area contributed by atoms with E-state index < -0.39 is 10.0 Å². The molecule has 0 saturated heterocycles. The van der Waals surface area contributed by atoms with Gasteiger partial charge in [0.1, 0.15) is 5.75 Å². The molecule has 23 heavy (non-hydrogen) atoms. The third-order valence-electron chi connectivity index (χ3n) is 3.86.